The summed E-state index contributed by atoms with van der Waals surface area (Å²) in [5.74, 6) is 1.74. The van der Waals surface area contributed by atoms with Gasteiger partial charge < -0.3 is 18.6 Å². The van der Waals surface area contributed by atoms with E-state index in [-0.39, 0.29) is 17.8 Å². The van der Waals surface area contributed by atoms with Crippen LogP contribution in [0.3, 0.4) is 0 Å². The molecule has 4 aromatic carbocycles. The Labute approximate surface area is 222 Å². The van der Waals surface area contributed by atoms with E-state index >= 15 is 0 Å². The predicted octanol–water partition coefficient (Wildman–Crippen LogP) is 7.72. The summed E-state index contributed by atoms with van der Waals surface area (Å²) >= 11 is 0. The van der Waals surface area contributed by atoms with E-state index in [9.17, 15) is 4.79 Å². The van der Waals surface area contributed by atoms with Gasteiger partial charge in [-0.15, -0.1) is 0 Å². The Hall–Kier alpha value is -4.51. The number of aryl methyl sites for hydroxylation is 1. The van der Waals surface area contributed by atoms with Gasteiger partial charge in [0.1, 0.15) is 18.8 Å². The van der Waals surface area contributed by atoms with Crippen molar-refractivity contribution in [2.24, 2.45) is 0 Å². The first kappa shape index (κ1) is 25.2. The molecule has 0 saturated carbocycles. The lowest BCUT2D eigenvalue weighted by molar-refractivity contribution is 0.262. The van der Waals surface area contributed by atoms with Gasteiger partial charge in [-0.1, -0.05) is 79.7 Å². The summed E-state index contributed by atoms with van der Waals surface area (Å²) in [6.45, 7) is 5.14. The van der Waals surface area contributed by atoms with Crippen LogP contribution in [-0.4, -0.2) is 6.61 Å². The molecule has 0 spiro atoms. The Morgan fingerprint density at radius 2 is 1.39 bits per heavy atom. The largest absolute Gasteiger partial charge is 0.490 e. The molecule has 0 unspecified atom stereocenters. The zero-order chi connectivity index (χ0) is 26.3. The van der Waals surface area contributed by atoms with Crippen LogP contribution in [0.4, 0.5) is 0 Å². The highest BCUT2D eigenvalue weighted by Gasteiger charge is 2.21. The molecule has 192 valence electrons. The van der Waals surface area contributed by atoms with Gasteiger partial charge >= 0.3 is 0 Å². The first-order chi connectivity index (χ1) is 18.6. The summed E-state index contributed by atoms with van der Waals surface area (Å²) in [7, 11) is 0. The molecule has 0 amide bonds. The van der Waals surface area contributed by atoms with E-state index in [4.69, 9.17) is 18.6 Å². The van der Waals surface area contributed by atoms with Crippen LogP contribution in [0.5, 0.6) is 17.2 Å². The number of rotatable bonds is 10. The highest BCUT2D eigenvalue weighted by Crippen LogP contribution is 2.38. The number of benzene rings is 4. The second-order valence-electron chi connectivity index (χ2n) is 9.10. The Balaban J connectivity index is 1.56. The third-order valence-corrected chi connectivity index (χ3v) is 6.22. The highest BCUT2D eigenvalue weighted by atomic mass is 16.5. The Kier molecular flexibility index (Phi) is 7.74. The van der Waals surface area contributed by atoms with Crippen molar-refractivity contribution in [3.63, 3.8) is 0 Å². The predicted molar refractivity (Wildman–Crippen MR) is 150 cm³/mol. The first-order valence-corrected chi connectivity index (χ1v) is 12.8. The maximum atomic E-state index is 13.7. The van der Waals surface area contributed by atoms with Gasteiger partial charge in [-0.2, -0.15) is 0 Å². The van der Waals surface area contributed by atoms with Gasteiger partial charge in [-0.05, 0) is 54.3 Å². The third kappa shape index (κ3) is 5.57. The highest BCUT2D eigenvalue weighted by molar-refractivity contribution is 5.85. The molecule has 0 N–H and O–H groups in total. The minimum atomic E-state index is -0.198. The van der Waals surface area contributed by atoms with Crippen molar-refractivity contribution in [1.82, 2.24) is 0 Å². The summed E-state index contributed by atoms with van der Waals surface area (Å²) < 4.78 is 24.7. The molecule has 0 saturated heterocycles. The molecule has 0 radical (unpaired) electrons. The zero-order valence-electron chi connectivity index (χ0n) is 21.6. The second kappa shape index (κ2) is 11.7. The average Bonchev–Trinajstić information content (AvgIpc) is 2.95. The van der Waals surface area contributed by atoms with Gasteiger partial charge in [0.2, 0.25) is 11.2 Å². The minimum absolute atomic E-state index is 0.176. The summed E-state index contributed by atoms with van der Waals surface area (Å²) in [6, 6.07) is 30.9. The fraction of sp³-hybridized carbons (Fsp3) is 0.182. The second-order valence-corrected chi connectivity index (χ2v) is 9.10. The molecule has 0 atom stereocenters. The Morgan fingerprint density at radius 1 is 0.711 bits per heavy atom. The summed E-state index contributed by atoms with van der Waals surface area (Å²) in [5, 5.41) is 0.518. The fourth-order valence-electron chi connectivity index (χ4n) is 4.27. The van der Waals surface area contributed by atoms with Crippen molar-refractivity contribution in [2.75, 3.05) is 6.61 Å². The van der Waals surface area contributed by atoms with E-state index < -0.39 is 0 Å². The van der Waals surface area contributed by atoms with E-state index in [1.54, 1.807) is 6.07 Å². The number of ether oxygens (including phenoxy) is 3. The molecular formula is C33H30O5. The van der Waals surface area contributed by atoms with Crippen LogP contribution in [0.15, 0.2) is 106 Å². The van der Waals surface area contributed by atoms with Crippen molar-refractivity contribution in [3.8, 4) is 28.6 Å². The molecule has 0 aliphatic heterocycles. The van der Waals surface area contributed by atoms with Crippen molar-refractivity contribution >= 4 is 11.0 Å². The van der Waals surface area contributed by atoms with Gasteiger partial charge in [0.05, 0.1) is 12.0 Å². The molecule has 1 aromatic heterocycles. The molecule has 5 nitrogen and oxygen atoms in total. The van der Waals surface area contributed by atoms with Gasteiger partial charge in [-0.25, -0.2) is 0 Å². The van der Waals surface area contributed by atoms with Crippen molar-refractivity contribution in [2.45, 2.75) is 33.5 Å². The number of hydrogen-bond acceptors (Lipinski definition) is 5. The fourth-order valence-corrected chi connectivity index (χ4v) is 4.27. The zero-order valence-corrected chi connectivity index (χ0v) is 21.6. The maximum Gasteiger partial charge on any atom is 0.235 e. The van der Waals surface area contributed by atoms with E-state index in [1.165, 1.54) is 0 Å². The average molecular weight is 507 g/mol. The number of hydrogen-bond donors (Lipinski definition) is 0. The summed E-state index contributed by atoms with van der Waals surface area (Å²) in [6.07, 6.45) is 0.845. The van der Waals surface area contributed by atoms with Crippen molar-refractivity contribution < 1.29 is 18.6 Å². The van der Waals surface area contributed by atoms with Crippen LogP contribution in [0, 0.1) is 6.92 Å². The van der Waals surface area contributed by atoms with E-state index in [2.05, 4.69) is 6.92 Å². The maximum absolute atomic E-state index is 13.7. The quantitative estimate of drug-likeness (QED) is 0.194. The monoisotopic (exact) mass is 506 g/mol. The molecule has 5 heteroatoms. The standard InChI is InChI=1S/C33H30O5/c1-3-19-35-29-20-26(17-18-27(29)36-21-24-12-6-4-7-13-24)32-33(37-22-25-14-8-5-9-15-25)31(34)30-23(2)11-10-16-28(30)38-32/h4-18,20H,3,19,21-22H2,1-2H3. The summed E-state index contributed by atoms with van der Waals surface area (Å²) in [5.41, 5.74) is 3.84. The smallest absolute Gasteiger partial charge is 0.235 e. The Morgan fingerprint density at radius 3 is 2.08 bits per heavy atom. The molecule has 38 heavy (non-hydrogen) atoms. The molecule has 0 bridgehead atoms. The van der Waals surface area contributed by atoms with Crippen LogP contribution >= 0.6 is 0 Å². The van der Waals surface area contributed by atoms with Crippen molar-refractivity contribution in [1.29, 1.82) is 0 Å². The Bertz CT molecular complexity index is 1570. The molecular weight excluding hydrogens is 476 g/mol. The third-order valence-electron chi connectivity index (χ3n) is 6.22. The molecule has 0 fully saturated rings. The van der Waals surface area contributed by atoms with Gasteiger partial charge in [-0.3, -0.25) is 4.79 Å². The lowest BCUT2D eigenvalue weighted by Gasteiger charge is -2.16. The number of fused-ring (bicyclic) bond motifs is 1. The van der Waals surface area contributed by atoms with Gasteiger partial charge in [0.15, 0.2) is 17.3 Å². The van der Waals surface area contributed by atoms with Gasteiger partial charge in [0, 0.05) is 5.56 Å². The van der Waals surface area contributed by atoms with E-state index in [0.717, 1.165) is 23.1 Å². The van der Waals surface area contributed by atoms with Crippen LogP contribution < -0.4 is 19.6 Å². The lowest BCUT2D eigenvalue weighted by atomic mass is 10.1. The van der Waals surface area contributed by atoms with Crippen LogP contribution in [0.25, 0.3) is 22.3 Å². The van der Waals surface area contributed by atoms with E-state index in [1.807, 2.05) is 97.9 Å². The molecule has 0 aliphatic carbocycles. The molecule has 0 aliphatic rings. The van der Waals surface area contributed by atoms with Crippen molar-refractivity contribution in [3.05, 3.63) is 124 Å². The molecule has 1 heterocycles. The normalized spacial score (nSPS) is 10.9. The SMILES string of the molecule is CCCOc1cc(-c2oc3cccc(C)c3c(=O)c2OCc2ccccc2)ccc1OCc1ccccc1. The van der Waals surface area contributed by atoms with Gasteiger partial charge in [0.25, 0.3) is 0 Å². The molecule has 5 aromatic rings. The van der Waals surface area contributed by atoms with Crippen LogP contribution in [-0.2, 0) is 13.2 Å². The summed E-state index contributed by atoms with van der Waals surface area (Å²) in [4.78, 5) is 13.7. The molecule has 5 rings (SSSR count). The van der Waals surface area contributed by atoms with Crippen LogP contribution in [0.2, 0.25) is 0 Å². The topological polar surface area (TPSA) is 57.9 Å². The first-order valence-electron chi connectivity index (χ1n) is 12.8. The van der Waals surface area contributed by atoms with E-state index in [0.29, 0.717) is 47.0 Å². The minimum Gasteiger partial charge on any atom is -0.490 e. The van der Waals surface area contributed by atoms with Crippen LogP contribution in [0.1, 0.15) is 30.0 Å². The lowest BCUT2D eigenvalue weighted by Crippen LogP contribution is -2.11.